The molecule has 1 aliphatic carbocycles. The summed E-state index contributed by atoms with van der Waals surface area (Å²) in [6.07, 6.45) is 10.0. The zero-order valence-corrected chi connectivity index (χ0v) is 11.2. The van der Waals surface area contributed by atoms with Crippen molar-refractivity contribution in [1.82, 2.24) is 5.32 Å². The first kappa shape index (κ1) is 14.5. The number of nitrogens with one attached hydrogen (secondary N) is 1. The Labute approximate surface area is 106 Å². The molecular formula is C14H28N2O. The van der Waals surface area contributed by atoms with Crippen molar-refractivity contribution in [2.45, 2.75) is 70.8 Å². The number of carbonyl (C=O) groups excluding carboxylic acids is 1. The average Bonchev–Trinajstić information content (AvgIpc) is 2.32. The van der Waals surface area contributed by atoms with E-state index in [0.29, 0.717) is 18.4 Å². The maximum absolute atomic E-state index is 11.7. The van der Waals surface area contributed by atoms with Crippen LogP contribution in [0.2, 0.25) is 0 Å². The van der Waals surface area contributed by atoms with Crippen LogP contribution in [0.25, 0.3) is 0 Å². The molecule has 0 bridgehead atoms. The van der Waals surface area contributed by atoms with Crippen molar-refractivity contribution in [2.24, 2.45) is 11.7 Å². The molecule has 1 aliphatic rings. The lowest BCUT2D eigenvalue weighted by atomic mass is 9.84. The molecule has 0 unspecified atom stereocenters. The monoisotopic (exact) mass is 240 g/mol. The summed E-state index contributed by atoms with van der Waals surface area (Å²) in [7, 11) is 0. The second-order valence-electron chi connectivity index (χ2n) is 5.40. The van der Waals surface area contributed by atoms with Crippen molar-refractivity contribution < 1.29 is 4.79 Å². The molecule has 1 amide bonds. The number of rotatable bonds is 7. The first-order chi connectivity index (χ1) is 8.22. The SMILES string of the molecule is CCCCCCNC(=O)CC1CCC(N)CC1. The minimum atomic E-state index is 0.238. The molecule has 3 nitrogen and oxygen atoms in total. The van der Waals surface area contributed by atoms with E-state index >= 15 is 0 Å². The molecule has 0 saturated heterocycles. The maximum atomic E-state index is 11.7. The third-order valence-corrected chi connectivity index (χ3v) is 3.72. The van der Waals surface area contributed by atoms with Gasteiger partial charge in [-0.05, 0) is 38.0 Å². The minimum Gasteiger partial charge on any atom is -0.356 e. The largest absolute Gasteiger partial charge is 0.356 e. The highest BCUT2D eigenvalue weighted by Gasteiger charge is 2.20. The predicted octanol–water partition coefficient (Wildman–Crippen LogP) is 2.59. The lowest BCUT2D eigenvalue weighted by Gasteiger charge is -2.25. The molecule has 0 aromatic rings. The maximum Gasteiger partial charge on any atom is 0.220 e. The molecule has 0 aromatic carbocycles. The molecule has 3 N–H and O–H groups in total. The fourth-order valence-electron chi connectivity index (χ4n) is 2.51. The summed E-state index contributed by atoms with van der Waals surface area (Å²) in [6.45, 7) is 3.05. The zero-order chi connectivity index (χ0) is 12.5. The predicted molar refractivity (Wildman–Crippen MR) is 71.7 cm³/mol. The highest BCUT2D eigenvalue weighted by Crippen LogP contribution is 2.25. The van der Waals surface area contributed by atoms with Gasteiger partial charge < -0.3 is 11.1 Å². The summed E-state index contributed by atoms with van der Waals surface area (Å²) >= 11 is 0. The minimum absolute atomic E-state index is 0.238. The van der Waals surface area contributed by atoms with Gasteiger partial charge in [-0.3, -0.25) is 4.79 Å². The average molecular weight is 240 g/mol. The quantitative estimate of drug-likeness (QED) is 0.672. The van der Waals surface area contributed by atoms with Crippen molar-refractivity contribution >= 4 is 5.91 Å². The molecule has 0 radical (unpaired) electrons. The Morgan fingerprint density at radius 2 is 1.88 bits per heavy atom. The summed E-state index contributed by atoms with van der Waals surface area (Å²) in [5.41, 5.74) is 5.85. The normalized spacial score (nSPS) is 24.6. The Kier molecular flexibility index (Phi) is 7.25. The standard InChI is InChI=1S/C14H28N2O/c1-2-3-4-5-10-16-14(17)11-12-6-8-13(15)9-7-12/h12-13H,2-11,15H2,1H3,(H,16,17). The van der Waals surface area contributed by atoms with Crippen LogP contribution in [0, 0.1) is 5.92 Å². The van der Waals surface area contributed by atoms with Gasteiger partial charge in [0.25, 0.3) is 0 Å². The number of unbranched alkanes of at least 4 members (excludes halogenated alkanes) is 3. The third-order valence-electron chi connectivity index (χ3n) is 3.72. The van der Waals surface area contributed by atoms with E-state index in [4.69, 9.17) is 5.73 Å². The van der Waals surface area contributed by atoms with Crippen LogP contribution in [0.3, 0.4) is 0 Å². The molecule has 0 aliphatic heterocycles. The lowest BCUT2D eigenvalue weighted by molar-refractivity contribution is -0.122. The van der Waals surface area contributed by atoms with Crippen LogP contribution in [0.4, 0.5) is 0 Å². The van der Waals surface area contributed by atoms with E-state index in [1.54, 1.807) is 0 Å². The van der Waals surface area contributed by atoms with Crippen LogP contribution in [0.1, 0.15) is 64.7 Å². The summed E-state index contributed by atoms with van der Waals surface area (Å²) in [6, 6.07) is 0.378. The van der Waals surface area contributed by atoms with E-state index in [0.717, 1.165) is 38.6 Å². The van der Waals surface area contributed by atoms with Gasteiger partial charge in [-0.15, -0.1) is 0 Å². The lowest BCUT2D eigenvalue weighted by Crippen LogP contribution is -2.31. The smallest absolute Gasteiger partial charge is 0.220 e. The van der Waals surface area contributed by atoms with Crippen LogP contribution >= 0.6 is 0 Å². The van der Waals surface area contributed by atoms with E-state index in [9.17, 15) is 4.79 Å². The van der Waals surface area contributed by atoms with Crippen LogP contribution in [0.15, 0.2) is 0 Å². The van der Waals surface area contributed by atoms with Crippen LogP contribution < -0.4 is 11.1 Å². The van der Waals surface area contributed by atoms with Gasteiger partial charge in [-0.25, -0.2) is 0 Å². The van der Waals surface area contributed by atoms with Gasteiger partial charge >= 0.3 is 0 Å². The third kappa shape index (κ3) is 6.67. The van der Waals surface area contributed by atoms with E-state index in [-0.39, 0.29) is 5.91 Å². The zero-order valence-electron chi connectivity index (χ0n) is 11.2. The molecule has 1 rings (SSSR count). The summed E-state index contributed by atoms with van der Waals surface area (Å²) in [5, 5.41) is 3.03. The molecule has 0 atom stereocenters. The van der Waals surface area contributed by atoms with E-state index in [1.165, 1.54) is 19.3 Å². The van der Waals surface area contributed by atoms with Gasteiger partial charge in [0.2, 0.25) is 5.91 Å². The molecule has 17 heavy (non-hydrogen) atoms. The molecule has 1 fully saturated rings. The molecular weight excluding hydrogens is 212 g/mol. The van der Waals surface area contributed by atoms with Crippen LogP contribution in [-0.2, 0) is 4.79 Å². The second-order valence-corrected chi connectivity index (χ2v) is 5.40. The molecule has 3 heteroatoms. The van der Waals surface area contributed by atoms with Crippen LogP contribution in [-0.4, -0.2) is 18.5 Å². The second kappa shape index (κ2) is 8.51. The van der Waals surface area contributed by atoms with E-state index in [2.05, 4.69) is 12.2 Å². The Bertz CT molecular complexity index is 210. The topological polar surface area (TPSA) is 55.1 Å². The van der Waals surface area contributed by atoms with E-state index < -0.39 is 0 Å². The summed E-state index contributed by atoms with van der Waals surface area (Å²) < 4.78 is 0. The van der Waals surface area contributed by atoms with Gasteiger partial charge in [0.15, 0.2) is 0 Å². The summed E-state index contributed by atoms with van der Waals surface area (Å²) in [5.74, 6) is 0.812. The first-order valence-electron chi connectivity index (χ1n) is 7.24. The van der Waals surface area contributed by atoms with Crippen LogP contribution in [0.5, 0.6) is 0 Å². The number of hydrogen-bond donors (Lipinski definition) is 2. The van der Waals surface area contributed by atoms with Crippen molar-refractivity contribution in [3.05, 3.63) is 0 Å². The molecule has 0 spiro atoms. The first-order valence-corrected chi connectivity index (χ1v) is 7.24. The Hall–Kier alpha value is -0.570. The highest BCUT2D eigenvalue weighted by atomic mass is 16.1. The molecule has 1 saturated carbocycles. The number of carbonyl (C=O) groups is 1. The highest BCUT2D eigenvalue weighted by molar-refractivity contribution is 5.76. The van der Waals surface area contributed by atoms with Gasteiger partial charge in [0.05, 0.1) is 0 Å². The summed E-state index contributed by atoms with van der Waals surface area (Å²) in [4.78, 5) is 11.7. The Balaban J connectivity index is 2.00. The van der Waals surface area contributed by atoms with E-state index in [1.807, 2.05) is 0 Å². The molecule has 100 valence electrons. The number of amides is 1. The molecule has 0 aromatic heterocycles. The van der Waals surface area contributed by atoms with Crippen molar-refractivity contribution in [3.8, 4) is 0 Å². The Morgan fingerprint density at radius 3 is 2.53 bits per heavy atom. The van der Waals surface area contributed by atoms with Crippen molar-refractivity contribution in [1.29, 1.82) is 0 Å². The number of nitrogens with two attached hydrogens (primary N) is 1. The molecule has 0 heterocycles. The Morgan fingerprint density at radius 1 is 1.18 bits per heavy atom. The van der Waals surface area contributed by atoms with Gasteiger partial charge in [-0.1, -0.05) is 26.2 Å². The van der Waals surface area contributed by atoms with Crippen molar-refractivity contribution in [2.75, 3.05) is 6.54 Å². The van der Waals surface area contributed by atoms with Crippen molar-refractivity contribution in [3.63, 3.8) is 0 Å². The fraction of sp³-hybridized carbons (Fsp3) is 0.929. The fourth-order valence-corrected chi connectivity index (χ4v) is 2.51. The number of hydrogen-bond acceptors (Lipinski definition) is 2. The van der Waals surface area contributed by atoms with Gasteiger partial charge in [0.1, 0.15) is 0 Å². The van der Waals surface area contributed by atoms with Gasteiger partial charge in [0, 0.05) is 19.0 Å². The van der Waals surface area contributed by atoms with Gasteiger partial charge in [-0.2, -0.15) is 0 Å².